The predicted molar refractivity (Wildman–Crippen MR) is 68.2 cm³/mol. The number of rotatable bonds is 4. The van der Waals surface area contributed by atoms with Crippen molar-refractivity contribution in [2.24, 2.45) is 5.92 Å². The Kier molecular flexibility index (Phi) is 5.75. The predicted octanol–water partition coefficient (Wildman–Crippen LogP) is -0.367. The summed E-state index contributed by atoms with van der Waals surface area (Å²) in [5.41, 5.74) is 0. The molecule has 1 N–H and O–H groups in total. The Balaban J connectivity index is 2.55. The van der Waals surface area contributed by atoms with Crippen molar-refractivity contribution in [1.29, 1.82) is 0 Å². The van der Waals surface area contributed by atoms with Crippen LogP contribution in [-0.2, 0) is 19.1 Å². The van der Waals surface area contributed by atoms with E-state index in [2.05, 4.69) is 4.74 Å². The molecule has 0 spiro atoms. The van der Waals surface area contributed by atoms with Crippen LogP contribution in [0.15, 0.2) is 0 Å². The van der Waals surface area contributed by atoms with Crippen molar-refractivity contribution >= 4 is 18.0 Å². The number of aliphatic carboxylic acids is 1. The molecular formula is C12H20N2O6. The second kappa shape index (κ2) is 7.09. The van der Waals surface area contributed by atoms with Crippen LogP contribution in [0.4, 0.5) is 4.79 Å². The highest BCUT2D eigenvalue weighted by molar-refractivity contribution is 5.78. The van der Waals surface area contributed by atoms with Gasteiger partial charge in [0.15, 0.2) is 6.10 Å². The molecule has 0 aromatic rings. The lowest BCUT2D eigenvalue weighted by Gasteiger charge is -2.34. The Morgan fingerprint density at radius 3 is 2.70 bits per heavy atom. The molecule has 1 heterocycles. The van der Waals surface area contributed by atoms with E-state index in [1.54, 1.807) is 14.0 Å². The molecular weight excluding hydrogens is 268 g/mol. The minimum absolute atomic E-state index is 0.00507. The van der Waals surface area contributed by atoms with Crippen LogP contribution in [0.5, 0.6) is 0 Å². The topological polar surface area (TPSA) is 96.4 Å². The Labute approximate surface area is 117 Å². The van der Waals surface area contributed by atoms with Gasteiger partial charge in [-0.2, -0.15) is 0 Å². The summed E-state index contributed by atoms with van der Waals surface area (Å²) in [6.45, 7) is 2.39. The number of hydrogen-bond acceptors (Lipinski definition) is 5. The number of carbonyl (C=O) groups excluding carboxylic acids is 2. The maximum Gasteiger partial charge on any atom is 0.334 e. The molecule has 0 aliphatic carbocycles. The molecule has 1 rings (SSSR count). The largest absolute Gasteiger partial charge is 0.479 e. The van der Waals surface area contributed by atoms with E-state index < -0.39 is 24.0 Å². The zero-order valence-corrected chi connectivity index (χ0v) is 11.9. The molecule has 0 aromatic heterocycles. The molecule has 0 bridgehead atoms. The number of morpholine rings is 1. The van der Waals surface area contributed by atoms with Crippen LogP contribution < -0.4 is 0 Å². The molecule has 1 aliphatic heterocycles. The van der Waals surface area contributed by atoms with Crippen molar-refractivity contribution in [2.45, 2.75) is 13.0 Å². The number of urea groups is 1. The molecule has 1 fully saturated rings. The molecule has 2 atom stereocenters. The Hall–Kier alpha value is -1.83. The first kappa shape index (κ1) is 16.2. The molecule has 8 heteroatoms. The number of ether oxygens (including phenoxy) is 2. The van der Waals surface area contributed by atoms with E-state index in [0.717, 1.165) is 0 Å². The lowest BCUT2D eigenvalue weighted by Crippen LogP contribution is -2.52. The van der Waals surface area contributed by atoms with Crippen molar-refractivity contribution in [1.82, 2.24) is 9.80 Å². The van der Waals surface area contributed by atoms with E-state index in [9.17, 15) is 14.4 Å². The standard InChI is InChI=1S/C12H20N2O6/c1-8(11(17)19-3)6-13(2)12(18)14-4-5-20-9(7-14)10(15)16/h8-9H,4-7H2,1-3H3,(H,15,16). The zero-order valence-electron chi connectivity index (χ0n) is 11.9. The number of carboxylic acid groups (broad SMARTS) is 1. The van der Waals surface area contributed by atoms with Gasteiger partial charge in [-0.15, -0.1) is 0 Å². The first-order valence-electron chi connectivity index (χ1n) is 6.29. The summed E-state index contributed by atoms with van der Waals surface area (Å²) >= 11 is 0. The second-order valence-electron chi connectivity index (χ2n) is 4.73. The summed E-state index contributed by atoms with van der Waals surface area (Å²) in [6.07, 6.45) is -1.00. The van der Waals surface area contributed by atoms with E-state index in [0.29, 0.717) is 6.54 Å². The van der Waals surface area contributed by atoms with Crippen LogP contribution in [0.25, 0.3) is 0 Å². The third kappa shape index (κ3) is 4.09. The van der Waals surface area contributed by atoms with Gasteiger partial charge in [-0.3, -0.25) is 4.79 Å². The van der Waals surface area contributed by atoms with Crippen LogP contribution in [-0.4, -0.2) is 79.4 Å². The SMILES string of the molecule is COC(=O)C(C)CN(C)C(=O)N1CCOC(C(=O)O)C1. The Morgan fingerprint density at radius 1 is 1.50 bits per heavy atom. The fraction of sp³-hybridized carbons (Fsp3) is 0.750. The molecule has 0 saturated carbocycles. The molecule has 114 valence electrons. The van der Waals surface area contributed by atoms with E-state index in [4.69, 9.17) is 9.84 Å². The lowest BCUT2D eigenvalue weighted by molar-refractivity contribution is -0.154. The van der Waals surface area contributed by atoms with Gasteiger partial charge in [-0.05, 0) is 0 Å². The number of carbonyl (C=O) groups is 3. The minimum Gasteiger partial charge on any atom is -0.479 e. The molecule has 0 aromatic carbocycles. The highest BCUT2D eigenvalue weighted by Crippen LogP contribution is 2.10. The Morgan fingerprint density at radius 2 is 2.15 bits per heavy atom. The summed E-state index contributed by atoms with van der Waals surface area (Å²) in [4.78, 5) is 37.1. The van der Waals surface area contributed by atoms with Crippen molar-refractivity contribution in [3.63, 3.8) is 0 Å². The molecule has 0 radical (unpaired) electrons. The molecule has 1 saturated heterocycles. The summed E-state index contributed by atoms with van der Waals surface area (Å²) in [7, 11) is 2.85. The zero-order chi connectivity index (χ0) is 15.3. The minimum atomic E-state index is -1.09. The van der Waals surface area contributed by atoms with Crippen molar-refractivity contribution in [3.05, 3.63) is 0 Å². The van der Waals surface area contributed by atoms with Gasteiger partial charge in [0.1, 0.15) is 0 Å². The summed E-state index contributed by atoms with van der Waals surface area (Å²) in [6, 6.07) is -0.324. The van der Waals surface area contributed by atoms with Gasteiger partial charge < -0.3 is 24.4 Å². The number of esters is 1. The normalized spacial score (nSPS) is 20.1. The fourth-order valence-corrected chi connectivity index (χ4v) is 1.98. The van der Waals surface area contributed by atoms with Gasteiger partial charge in [-0.1, -0.05) is 6.92 Å². The smallest absolute Gasteiger partial charge is 0.334 e. The van der Waals surface area contributed by atoms with Crippen LogP contribution in [0.2, 0.25) is 0 Å². The quantitative estimate of drug-likeness (QED) is 0.709. The number of hydrogen-bond donors (Lipinski definition) is 1. The molecule has 2 unspecified atom stereocenters. The summed E-state index contributed by atoms with van der Waals surface area (Å²) in [5.74, 6) is -1.92. The average molecular weight is 288 g/mol. The first-order chi connectivity index (χ1) is 9.36. The summed E-state index contributed by atoms with van der Waals surface area (Å²) in [5, 5.41) is 8.89. The highest BCUT2D eigenvalue weighted by Gasteiger charge is 2.31. The van der Waals surface area contributed by atoms with Crippen molar-refractivity contribution < 1.29 is 29.0 Å². The van der Waals surface area contributed by atoms with E-state index in [-0.39, 0.29) is 25.7 Å². The highest BCUT2D eigenvalue weighted by atomic mass is 16.5. The molecule has 1 aliphatic rings. The van der Waals surface area contributed by atoms with Crippen LogP contribution in [0.1, 0.15) is 6.92 Å². The molecule has 8 nitrogen and oxygen atoms in total. The van der Waals surface area contributed by atoms with Gasteiger partial charge >= 0.3 is 18.0 Å². The third-order valence-corrected chi connectivity index (χ3v) is 3.09. The van der Waals surface area contributed by atoms with Gasteiger partial charge in [0.2, 0.25) is 0 Å². The average Bonchev–Trinajstić information content (AvgIpc) is 2.45. The van der Waals surface area contributed by atoms with E-state index in [1.807, 2.05) is 0 Å². The lowest BCUT2D eigenvalue weighted by atomic mass is 10.2. The van der Waals surface area contributed by atoms with E-state index >= 15 is 0 Å². The van der Waals surface area contributed by atoms with Crippen molar-refractivity contribution in [2.75, 3.05) is 40.4 Å². The second-order valence-corrected chi connectivity index (χ2v) is 4.73. The summed E-state index contributed by atoms with van der Waals surface area (Å²) < 4.78 is 9.65. The molecule has 20 heavy (non-hydrogen) atoms. The number of methoxy groups -OCH3 is 1. The first-order valence-corrected chi connectivity index (χ1v) is 6.29. The van der Waals surface area contributed by atoms with Gasteiger partial charge in [0.05, 0.1) is 26.2 Å². The van der Waals surface area contributed by atoms with Crippen molar-refractivity contribution in [3.8, 4) is 0 Å². The van der Waals surface area contributed by atoms with Gasteiger partial charge in [0.25, 0.3) is 0 Å². The number of amides is 2. The molecule has 2 amide bonds. The van der Waals surface area contributed by atoms with Crippen LogP contribution in [0.3, 0.4) is 0 Å². The third-order valence-electron chi connectivity index (χ3n) is 3.09. The Bertz CT molecular complexity index is 386. The maximum atomic E-state index is 12.2. The maximum absolute atomic E-state index is 12.2. The van der Waals surface area contributed by atoms with Crippen LogP contribution in [0, 0.1) is 5.92 Å². The number of nitrogens with zero attached hydrogens (tertiary/aromatic N) is 2. The van der Waals surface area contributed by atoms with E-state index in [1.165, 1.54) is 16.9 Å². The van der Waals surface area contributed by atoms with Gasteiger partial charge in [0, 0.05) is 20.1 Å². The number of carboxylic acids is 1. The fourth-order valence-electron chi connectivity index (χ4n) is 1.98. The van der Waals surface area contributed by atoms with Gasteiger partial charge in [-0.25, -0.2) is 9.59 Å². The monoisotopic (exact) mass is 288 g/mol. The van der Waals surface area contributed by atoms with Crippen LogP contribution >= 0.6 is 0 Å².